The number of rotatable bonds is 8. The van der Waals surface area contributed by atoms with E-state index in [-0.39, 0.29) is 18.4 Å². The summed E-state index contributed by atoms with van der Waals surface area (Å²) in [4.78, 5) is 27.0. The van der Waals surface area contributed by atoms with Crippen LogP contribution in [-0.4, -0.2) is 55.2 Å². The summed E-state index contributed by atoms with van der Waals surface area (Å²) in [6.07, 6.45) is 4.27. The second-order valence-electron chi connectivity index (χ2n) is 8.12. The lowest BCUT2D eigenvalue weighted by Gasteiger charge is -2.27. The van der Waals surface area contributed by atoms with Gasteiger partial charge in [0.1, 0.15) is 12.4 Å². The minimum atomic E-state index is -0.904. The Hall–Kier alpha value is -3.26. The lowest BCUT2D eigenvalue weighted by atomic mass is 9.82. The number of likely N-dealkylation sites (tertiary alicyclic amines) is 1. The molecular weight excluding hydrogens is 412 g/mol. The number of nitrogens with one attached hydrogen (secondary N) is 1. The van der Waals surface area contributed by atoms with Gasteiger partial charge in [0, 0.05) is 31.1 Å². The van der Waals surface area contributed by atoms with Gasteiger partial charge in [-0.15, -0.1) is 0 Å². The standard InChI is InChI=1S/C24H28N2O6/c1-3-9-25-21(27)13-26-12-18(16-11-20-19(32-14-16)8-10-31-20)22(24(28)29)23(26)15-4-6-17(30-2)7-5-15/h4-8,10-11,18,22-23H,3,9,12-14H2,1-2H3,(H,25,27)(H,28,29)/t18-,22+,23-/m1/s1. The van der Waals surface area contributed by atoms with Crippen molar-refractivity contribution in [2.45, 2.75) is 19.4 Å². The first-order chi connectivity index (χ1) is 15.5. The maximum atomic E-state index is 12.5. The Morgan fingerprint density at radius 2 is 2.03 bits per heavy atom. The number of methoxy groups -OCH3 is 1. The Balaban J connectivity index is 1.68. The molecule has 32 heavy (non-hydrogen) atoms. The van der Waals surface area contributed by atoms with Gasteiger partial charge in [-0.3, -0.25) is 14.5 Å². The molecule has 2 aromatic rings. The maximum absolute atomic E-state index is 12.5. The predicted octanol–water partition coefficient (Wildman–Crippen LogP) is 2.96. The molecule has 0 spiro atoms. The van der Waals surface area contributed by atoms with E-state index in [1.165, 1.54) is 0 Å². The van der Waals surface area contributed by atoms with Crippen molar-refractivity contribution in [3.8, 4) is 11.5 Å². The average molecular weight is 440 g/mol. The van der Waals surface area contributed by atoms with Gasteiger partial charge in [-0.1, -0.05) is 19.1 Å². The first-order valence-corrected chi connectivity index (χ1v) is 10.8. The van der Waals surface area contributed by atoms with Crippen molar-refractivity contribution in [1.29, 1.82) is 0 Å². The van der Waals surface area contributed by atoms with E-state index in [2.05, 4.69) is 5.32 Å². The Morgan fingerprint density at radius 3 is 2.72 bits per heavy atom. The van der Waals surface area contributed by atoms with Gasteiger partial charge < -0.3 is 24.3 Å². The summed E-state index contributed by atoms with van der Waals surface area (Å²) >= 11 is 0. The van der Waals surface area contributed by atoms with Crippen LogP contribution in [0.2, 0.25) is 0 Å². The van der Waals surface area contributed by atoms with Crippen molar-refractivity contribution in [1.82, 2.24) is 10.2 Å². The minimum absolute atomic E-state index is 0.114. The van der Waals surface area contributed by atoms with Gasteiger partial charge in [0.25, 0.3) is 0 Å². The number of nitrogens with zero attached hydrogens (tertiary/aromatic N) is 1. The molecule has 0 saturated carbocycles. The average Bonchev–Trinajstić information content (AvgIpc) is 3.42. The van der Waals surface area contributed by atoms with E-state index in [1.54, 1.807) is 19.4 Å². The summed E-state index contributed by atoms with van der Waals surface area (Å²) in [7, 11) is 1.59. The number of hydrogen-bond donors (Lipinski definition) is 2. The molecule has 3 atom stereocenters. The first kappa shape index (κ1) is 22.0. The molecule has 2 aliphatic rings. The van der Waals surface area contributed by atoms with Crippen molar-refractivity contribution in [3.05, 3.63) is 53.5 Å². The van der Waals surface area contributed by atoms with Crippen LogP contribution in [0.5, 0.6) is 11.5 Å². The molecule has 1 aromatic heterocycles. The highest BCUT2D eigenvalue weighted by molar-refractivity contribution is 5.79. The molecule has 8 nitrogen and oxygen atoms in total. The molecule has 1 aromatic carbocycles. The maximum Gasteiger partial charge on any atom is 0.309 e. The lowest BCUT2D eigenvalue weighted by molar-refractivity contribution is -0.144. The van der Waals surface area contributed by atoms with Gasteiger partial charge >= 0.3 is 5.97 Å². The fraction of sp³-hybridized carbons (Fsp3) is 0.417. The van der Waals surface area contributed by atoms with Crippen LogP contribution >= 0.6 is 0 Å². The number of ether oxygens (including phenoxy) is 2. The SMILES string of the molecule is CCCNC(=O)CN1C[C@H](C2=Cc3occc3OC2)[C@H](C(=O)O)[C@H]1c1ccc(OC)cc1. The van der Waals surface area contributed by atoms with Crippen molar-refractivity contribution in [2.75, 3.05) is 33.4 Å². The quantitative estimate of drug-likeness (QED) is 0.651. The largest absolute Gasteiger partial charge is 0.497 e. The summed E-state index contributed by atoms with van der Waals surface area (Å²) in [5, 5.41) is 13.1. The minimum Gasteiger partial charge on any atom is -0.497 e. The molecule has 1 fully saturated rings. The normalized spacial score (nSPS) is 22.6. The fourth-order valence-electron chi connectivity index (χ4n) is 4.59. The van der Waals surface area contributed by atoms with Gasteiger partial charge in [-0.25, -0.2) is 0 Å². The number of furan rings is 1. The number of carbonyl (C=O) groups excluding carboxylic acids is 1. The number of carboxylic acid groups (broad SMARTS) is 1. The second kappa shape index (κ2) is 9.48. The Labute approximate surface area is 186 Å². The van der Waals surface area contributed by atoms with Crippen LogP contribution in [0.3, 0.4) is 0 Å². The van der Waals surface area contributed by atoms with Gasteiger partial charge in [-0.05, 0) is 35.8 Å². The summed E-state index contributed by atoms with van der Waals surface area (Å²) in [6.45, 7) is 3.43. The lowest BCUT2D eigenvalue weighted by Crippen LogP contribution is -2.38. The molecule has 1 saturated heterocycles. The zero-order valence-corrected chi connectivity index (χ0v) is 18.2. The monoisotopic (exact) mass is 440 g/mol. The third-order valence-corrected chi connectivity index (χ3v) is 6.10. The van der Waals surface area contributed by atoms with Crippen molar-refractivity contribution >= 4 is 18.0 Å². The molecular formula is C24H28N2O6. The van der Waals surface area contributed by atoms with E-state index < -0.39 is 17.9 Å². The number of hydrogen-bond acceptors (Lipinski definition) is 6. The third kappa shape index (κ3) is 4.36. The molecule has 0 aliphatic carbocycles. The van der Waals surface area contributed by atoms with Gasteiger partial charge in [0.15, 0.2) is 11.5 Å². The molecule has 2 N–H and O–H groups in total. The molecule has 170 valence electrons. The van der Waals surface area contributed by atoms with Crippen molar-refractivity contribution in [3.63, 3.8) is 0 Å². The van der Waals surface area contributed by atoms with Gasteiger partial charge in [-0.2, -0.15) is 0 Å². The summed E-state index contributed by atoms with van der Waals surface area (Å²) in [5.41, 5.74) is 1.69. The summed E-state index contributed by atoms with van der Waals surface area (Å²) in [5.74, 6) is -0.144. The van der Waals surface area contributed by atoms with Gasteiger partial charge in [0.05, 0.1) is 25.8 Å². The van der Waals surface area contributed by atoms with Crippen LogP contribution in [0.15, 0.2) is 46.6 Å². The number of fused-ring (bicyclic) bond motifs is 1. The number of carbonyl (C=O) groups is 2. The third-order valence-electron chi connectivity index (χ3n) is 6.10. The zero-order valence-electron chi connectivity index (χ0n) is 18.2. The number of benzene rings is 1. The van der Waals surface area contributed by atoms with Crippen molar-refractivity contribution < 1.29 is 28.6 Å². The molecule has 0 bridgehead atoms. The molecule has 0 radical (unpaired) electrons. The zero-order chi connectivity index (χ0) is 22.7. The van der Waals surface area contributed by atoms with Crippen LogP contribution in [0.1, 0.15) is 30.7 Å². The van der Waals surface area contributed by atoms with Crippen LogP contribution < -0.4 is 14.8 Å². The highest BCUT2D eigenvalue weighted by Gasteiger charge is 2.49. The molecule has 8 heteroatoms. The predicted molar refractivity (Wildman–Crippen MR) is 117 cm³/mol. The van der Waals surface area contributed by atoms with E-state index in [0.717, 1.165) is 17.6 Å². The Morgan fingerprint density at radius 1 is 1.25 bits per heavy atom. The number of amides is 1. The van der Waals surface area contributed by atoms with E-state index in [4.69, 9.17) is 13.9 Å². The van der Waals surface area contributed by atoms with E-state index in [1.807, 2.05) is 42.2 Å². The topological polar surface area (TPSA) is 101 Å². The summed E-state index contributed by atoms with van der Waals surface area (Å²) in [6, 6.07) is 8.65. The Kier molecular flexibility index (Phi) is 6.50. The van der Waals surface area contributed by atoms with Crippen LogP contribution in [-0.2, 0) is 9.59 Å². The Bertz CT molecular complexity index is 996. The molecule has 4 rings (SSSR count). The van der Waals surface area contributed by atoms with E-state index in [0.29, 0.717) is 37.0 Å². The van der Waals surface area contributed by atoms with E-state index in [9.17, 15) is 14.7 Å². The van der Waals surface area contributed by atoms with Gasteiger partial charge in [0.2, 0.25) is 5.91 Å². The van der Waals surface area contributed by atoms with Crippen molar-refractivity contribution in [2.24, 2.45) is 11.8 Å². The second-order valence-corrected chi connectivity index (χ2v) is 8.12. The van der Waals surface area contributed by atoms with Crippen LogP contribution in [0.25, 0.3) is 6.08 Å². The van der Waals surface area contributed by atoms with Crippen LogP contribution in [0, 0.1) is 11.8 Å². The molecule has 2 aliphatic heterocycles. The number of aliphatic carboxylic acids is 1. The number of carboxylic acids is 1. The highest BCUT2D eigenvalue weighted by atomic mass is 16.5. The smallest absolute Gasteiger partial charge is 0.309 e. The molecule has 3 heterocycles. The van der Waals surface area contributed by atoms with E-state index >= 15 is 0 Å². The highest BCUT2D eigenvalue weighted by Crippen LogP contribution is 2.46. The molecule has 0 unspecified atom stereocenters. The summed E-state index contributed by atoms with van der Waals surface area (Å²) < 4.78 is 16.5. The fourth-order valence-corrected chi connectivity index (χ4v) is 4.59. The first-order valence-electron chi connectivity index (χ1n) is 10.8. The molecule has 1 amide bonds. The van der Waals surface area contributed by atoms with Crippen LogP contribution in [0.4, 0.5) is 0 Å².